The maximum Gasteiger partial charge on any atom is 0.270 e. The van der Waals surface area contributed by atoms with E-state index in [2.05, 4.69) is 10.2 Å². The molecule has 2 heterocycles. The lowest BCUT2D eigenvalue weighted by molar-refractivity contribution is 0.584. The van der Waals surface area contributed by atoms with Gasteiger partial charge in [-0.3, -0.25) is 24.1 Å². The largest absolute Gasteiger partial charge is 0.270 e. The number of nitrogens with zero attached hydrogens (tertiary/aromatic N) is 1. The molecule has 0 bridgehead atoms. The molecule has 1 aliphatic heterocycles. The van der Waals surface area contributed by atoms with Crippen molar-refractivity contribution in [1.29, 1.82) is 0 Å². The maximum absolute atomic E-state index is 13.2. The van der Waals surface area contributed by atoms with Crippen LogP contribution in [0.5, 0.6) is 0 Å². The minimum absolute atomic E-state index is 0.0142. The molecule has 1 atom stereocenters. The summed E-state index contributed by atoms with van der Waals surface area (Å²) < 4.78 is 27.7. The van der Waals surface area contributed by atoms with Gasteiger partial charge in [-0.2, -0.15) is 0 Å². The van der Waals surface area contributed by atoms with Gasteiger partial charge >= 0.3 is 0 Å². The van der Waals surface area contributed by atoms with Gasteiger partial charge < -0.3 is 0 Å². The molecule has 1 aliphatic rings. The average molecular weight is 357 g/mol. The topological polar surface area (TPSA) is 103 Å². The Kier molecular flexibility index (Phi) is 3.33. The van der Waals surface area contributed by atoms with E-state index >= 15 is 0 Å². The van der Waals surface area contributed by atoms with E-state index in [4.69, 9.17) is 0 Å². The highest BCUT2D eigenvalue weighted by Crippen LogP contribution is 2.36. The summed E-state index contributed by atoms with van der Waals surface area (Å²) >= 11 is 0. The van der Waals surface area contributed by atoms with Crippen LogP contribution in [-0.4, -0.2) is 24.7 Å². The third-order valence-electron chi connectivity index (χ3n) is 4.47. The molecule has 0 aliphatic carbocycles. The molecular formula is C17H15N3O4S. The summed E-state index contributed by atoms with van der Waals surface area (Å²) in [6, 6.07) is 11.1. The van der Waals surface area contributed by atoms with Crippen molar-refractivity contribution in [3.63, 3.8) is 0 Å². The Balaban J connectivity index is 1.92. The highest BCUT2D eigenvalue weighted by atomic mass is 32.2. The number of nitrogens with one attached hydrogen (secondary N) is 2. The van der Waals surface area contributed by atoms with E-state index in [-0.39, 0.29) is 21.7 Å². The number of anilines is 1. The fourth-order valence-electron chi connectivity index (χ4n) is 3.33. The van der Waals surface area contributed by atoms with Crippen molar-refractivity contribution in [3.8, 4) is 0 Å². The van der Waals surface area contributed by atoms with Gasteiger partial charge in [0.05, 0.1) is 21.4 Å². The molecule has 7 nitrogen and oxygen atoms in total. The van der Waals surface area contributed by atoms with Crippen LogP contribution < -0.4 is 15.4 Å². The quantitative estimate of drug-likeness (QED) is 0.723. The zero-order valence-corrected chi connectivity index (χ0v) is 14.1. The number of benzene rings is 2. The summed E-state index contributed by atoms with van der Waals surface area (Å²) in [7, 11) is -3.85. The van der Waals surface area contributed by atoms with Crippen LogP contribution in [0, 0.1) is 0 Å². The van der Waals surface area contributed by atoms with Crippen molar-refractivity contribution in [1.82, 2.24) is 10.2 Å². The van der Waals surface area contributed by atoms with Crippen molar-refractivity contribution in [2.45, 2.75) is 24.3 Å². The third-order valence-corrected chi connectivity index (χ3v) is 6.40. The van der Waals surface area contributed by atoms with Gasteiger partial charge in [0.25, 0.3) is 21.1 Å². The molecule has 2 aromatic carbocycles. The fraction of sp³-hybridized carbons (Fsp3) is 0.176. The smallest absolute Gasteiger partial charge is 0.267 e. The number of rotatable bonds is 2. The second kappa shape index (κ2) is 5.32. The first-order chi connectivity index (χ1) is 11.9. The Hall–Kier alpha value is -2.87. The molecule has 0 amide bonds. The predicted molar refractivity (Wildman–Crippen MR) is 94.5 cm³/mol. The maximum atomic E-state index is 13.2. The van der Waals surface area contributed by atoms with E-state index in [0.29, 0.717) is 12.1 Å². The first-order valence-electron chi connectivity index (χ1n) is 7.76. The summed E-state index contributed by atoms with van der Waals surface area (Å²) in [4.78, 5) is 23.7. The summed E-state index contributed by atoms with van der Waals surface area (Å²) in [6.07, 6.45) is 0.628. The summed E-state index contributed by atoms with van der Waals surface area (Å²) in [5, 5.41) is 4.63. The van der Waals surface area contributed by atoms with E-state index in [1.54, 1.807) is 12.1 Å². The predicted octanol–water partition coefficient (Wildman–Crippen LogP) is 1.36. The lowest BCUT2D eigenvalue weighted by Crippen LogP contribution is -2.35. The lowest BCUT2D eigenvalue weighted by atomic mass is 10.1. The lowest BCUT2D eigenvalue weighted by Gasteiger charge is -2.24. The molecule has 4 rings (SSSR count). The second-order valence-electron chi connectivity index (χ2n) is 6.10. The Bertz CT molecular complexity index is 1210. The van der Waals surface area contributed by atoms with E-state index in [1.807, 2.05) is 19.1 Å². The van der Waals surface area contributed by atoms with Gasteiger partial charge in [-0.25, -0.2) is 8.42 Å². The van der Waals surface area contributed by atoms with Crippen LogP contribution in [0.4, 0.5) is 5.69 Å². The molecule has 0 saturated heterocycles. The molecule has 0 saturated carbocycles. The molecule has 0 radical (unpaired) electrons. The Morgan fingerprint density at radius 1 is 1.00 bits per heavy atom. The van der Waals surface area contributed by atoms with Crippen LogP contribution in [0.25, 0.3) is 10.8 Å². The number of hydrogen-bond donors (Lipinski definition) is 2. The normalized spacial score (nSPS) is 17.0. The van der Waals surface area contributed by atoms with Crippen LogP contribution in [0.2, 0.25) is 0 Å². The molecule has 3 aromatic rings. The van der Waals surface area contributed by atoms with Crippen LogP contribution >= 0.6 is 0 Å². The summed E-state index contributed by atoms with van der Waals surface area (Å²) in [5.74, 6) is 0. The van der Waals surface area contributed by atoms with Crippen LogP contribution in [0.15, 0.2) is 56.9 Å². The van der Waals surface area contributed by atoms with E-state index in [1.165, 1.54) is 22.5 Å². The molecule has 0 unspecified atom stereocenters. The van der Waals surface area contributed by atoms with Crippen molar-refractivity contribution in [2.24, 2.45) is 0 Å². The Labute approximate surface area is 143 Å². The van der Waals surface area contributed by atoms with E-state index in [9.17, 15) is 18.0 Å². The van der Waals surface area contributed by atoms with Crippen LogP contribution in [0.1, 0.15) is 12.5 Å². The molecule has 128 valence electrons. The fourth-order valence-corrected chi connectivity index (χ4v) is 5.05. The van der Waals surface area contributed by atoms with Gasteiger partial charge in [-0.1, -0.05) is 18.2 Å². The van der Waals surface area contributed by atoms with Gasteiger partial charge in [-0.05, 0) is 43.2 Å². The number of aromatic nitrogens is 2. The van der Waals surface area contributed by atoms with Crippen molar-refractivity contribution >= 4 is 26.5 Å². The monoisotopic (exact) mass is 357 g/mol. The first-order valence-corrected chi connectivity index (χ1v) is 9.20. The zero-order valence-electron chi connectivity index (χ0n) is 13.3. The van der Waals surface area contributed by atoms with Gasteiger partial charge in [-0.15, -0.1) is 0 Å². The van der Waals surface area contributed by atoms with Crippen LogP contribution in [0.3, 0.4) is 0 Å². The minimum Gasteiger partial charge on any atom is -0.267 e. The number of hydrogen-bond acceptors (Lipinski definition) is 4. The number of sulfonamides is 1. The Morgan fingerprint density at radius 3 is 2.44 bits per heavy atom. The van der Waals surface area contributed by atoms with Crippen molar-refractivity contribution in [3.05, 3.63) is 68.7 Å². The van der Waals surface area contributed by atoms with Gasteiger partial charge in [0.2, 0.25) is 0 Å². The number of H-pyrrole nitrogens is 2. The van der Waals surface area contributed by atoms with Crippen LogP contribution in [-0.2, 0) is 16.4 Å². The first kappa shape index (κ1) is 15.6. The number of fused-ring (bicyclic) bond motifs is 2. The highest BCUT2D eigenvalue weighted by Gasteiger charge is 2.36. The number of aromatic amines is 2. The molecule has 0 spiro atoms. The molecule has 8 heteroatoms. The van der Waals surface area contributed by atoms with Gasteiger partial charge in [0.15, 0.2) is 0 Å². The number of para-hydroxylation sites is 1. The standard InChI is InChI=1S/C17H15N3O4S/c1-10-8-11-4-2-3-5-15(11)20(10)25(23,24)12-6-7-13-14(9-12)17(22)19-18-16(13)21/h2-7,9-10H,8H2,1H3,(H,18,21)(H,19,22)/t10-/m0/s1. The van der Waals surface area contributed by atoms with Crippen molar-refractivity contribution in [2.75, 3.05) is 4.31 Å². The van der Waals surface area contributed by atoms with Gasteiger partial charge in [0, 0.05) is 6.04 Å². The zero-order chi connectivity index (χ0) is 17.8. The third kappa shape index (κ3) is 2.29. The molecule has 1 aromatic heterocycles. The van der Waals surface area contributed by atoms with Crippen molar-refractivity contribution < 1.29 is 8.42 Å². The van der Waals surface area contributed by atoms with E-state index in [0.717, 1.165) is 5.56 Å². The highest BCUT2D eigenvalue weighted by molar-refractivity contribution is 7.92. The molecule has 0 fully saturated rings. The van der Waals surface area contributed by atoms with Gasteiger partial charge in [0.1, 0.15) is 0 Å². The SMILES string of the molecule is C[C@H]1Cc2ccccc2N1S(=O)(=O)c1ccc2c(=O)[nH][nH]c(=O)c2c1. The summed E-state index contributed by atoms with van der Waals surface area (Å²) in [6.45, 7) is 1.84. The molecule has 25 heavy (non-hydrogen) atoms. The average Bonchev–Trinajstić information content (AvgIpc) is 2.94. The molecule has 2 N–H and O–H groups in total. The van der Waals surface area contributed by atoms with E-state index < -0.39 is 21.1 Å². The minimum atomic E-state index is -3.85. The summed E-state index contributed by atoms with van der Waals surface area (Å²) in [5.41, 5.74) is 0.600. The Morgan fingerprint density at radius 2 is 1.68 bits per heavy atom. The molecular weight excluding hydrogens is 342 g/mol. The second-order valence-corrected chi connectivity index (χ2v) is 7.91.